The molecule has 0 aliphatic rings. The van der Waals surface area contributed by atoms with Crippen LogP contribution < -0.4 is 5.32 Å². The van der Waals surface area contributed by atoms with Gasteiger partial charge in [0.2, 0.25) is 0 Å². The Morgan fingerprint density at radius 1 is 1.29 bits per heavy atom. The monoisotopic (exact) mass is 237 g/mol. The minimum Gasteiger partial charge on any atom is -0.309 e. The predicted molar refractivity (Wildman–Crippen MR) is 73.2 cm³/mol. The topological polar surface area (TPSA) is 29.9 Å². The molecule has 0 radical (unpaired) electrons. The summed E-state index contributed by atoms with van der Waals surface area (Å²) in [6.07, 6.45) is 2.20. The maximum absolute atomic E-state index is 4.64. The second kappa shape index (κ2) is 6.80. The average Bonchev–Trinajstić information content (AvgIpc) is 2.78. The number of nitrogens with one attached hydrogen (secondary N) is 1. The van der Waals surface area contributed by atoms with Crippen molar-refractivity contribution < 1.29 is 0 Å². The highest BCUT2D eigenvalue weighted by molar-refractivity contribution is 5.15. The van der Waals surface area contributed by atoms with Gasteiger partial charge in [0.05, 0.1) is 17.4 Å². The molecule has 0 aliphatic carbocycles. The van der Waals surface area contributed by atoms with Crippen molar-refractivity contribution in [2.75, 3.05) is 6.54 Å². The number of nitrogens with zero attached hydrogens (tertiary/aromatic N) is 2. The van der Waals surface area contributed by atoms with Crippen LogP contribution >= 0.6 is 0 Å². The van der Waals surface area contributed by atoms with Crippen molar-refractivity contribution in [2.45, 2.75) is 60.0 Å². The van der Waals surface area contributed by atoms with E-state index in [2.05, 4.69) is 55.8 Å². The summed E-state index contributed by atoms with van der Waals surface area (Å²) >= 11 is 0. The molecule has 2 atom stereocenters. The summed E-state index contributed by atoms with van der Waals surface area (Å²) in [5.41, 5.74) is 2.55. The van der Waals surface area contributed by atoms with E-state index in [1.807, 2.05) is 0 Å². The van der Waals surface area contributed by atoms with Gasteiger partial charge in [-0.15, -0.1) is 0 Å². The quantitative estimate of drug-likeness (QED) is 0.789. The van der Waals surface area contributed by atoms with Crippen molar-refractivity contribution >= 4 is 0 Å². The smallest absolute Gasteiger partial charge is 0.0625 e. The first kappa shape index (κ1) is 14.2. The zero-order chi connectivity index (χ0) is 12.8. The third kappa shape index (κ3) is 3.32. The third-order valence-electron chi connectivity index (χ3n) is 3.48. The van der Waals surface area contributed by atoms with E-state index in [0.29, 0.717) is 12.0 Å². The molecule has 0 aliphatic heterocycles. The molecule has 1 rings (SSSR count). The van der Waals surface area contributed by atoms with Crippen molar-refractivity contribution in [1.82, 2.24) is 15.1 Å². The lowest BCUT2D eigenvalue weighted by molar-refractivity contribution is 0.360. The zero-order valence-corrected chi connectivity index (χ0v) is 12.0. The molecule has 3 heteroatoms. The van der Waals surface area contributed by atoms with Crippen LogP contribution in [0, 0.1) is 5.92 Å². The molecule has 1 heterocycles. The first-order valence-electron chi connectivity index (χ1n) is 6.97. The molecule has 1 N–H and O–H groups in total. The fourth-order valence-corrected chi connectivity index (χ4v) is 2.22. The van der Waals surface area contributed by atoms with Gasteiger partial charge in [0.1, 0.15) is 0 Å². The maximum atomic E-state index is 4.64. The van der Waals surface area contributed by atoms with Gasteiger partial charge in [-0.25, -0.2) is 0 Å². The molecule has 3 nitrogen and oxygen atoms in total. The summed E-state index contributed by atoms with van der Waals surface area (Å²) in [6, 6.07) is 2.70. The summed E-state index contributed by atoms with van der Waals surface area (Å²) in [5, 5.41) is 8.24. The number of hydrogen-bond acceptors (Lipinski definition) is 2. The molecule has 1 aromatic heterocycles. The van der Waals surface area contributed by atoms with Crippen LogP contribution in [0.5, 0.6) is 0 Å². The van der Waals surface area contributed by atoms with Crippen LogP contribution in [0.3, 0.4) is 0 Å². The van der Waals surface area contributed by atoms with Crippen molar-refractivity contribution in [2.24, 2.45) is 5.92 Å². The second-order valence-electron chi connectivity index (χ2n) is 4.65. The van der Waals surface area contributed by atoms with Crippen molar-refractivity contribution in [1.29, 1.82) is 0 Å². The predicted octanol–water partition coefficient (Wildman–Crippen LogP) is 3.16. The number of hydrogen-bond donors (Lipinski definition) is 1. The Morgan fingerprint density at radius 3 is 2.47 bits per heavy atom. The standard InChI is InChI=1S/C14H27N3/c1-6-11(5)14(15-8-3)13-10-12(7-2)16-17(13)9-4/h10-11,14-15H,6-9H2,1-5H3. The minimum absolute atomic E-state index is 0.428. The first-order valence-corrected chi connectivity index (χ1v) is 6.97. The fraction of sp³-hybridized carbons (Fsp3) is 0.786. The minimum atomic E-state index is 0.428. The lowest BCUT2D eigenvalue weighted by Crippen LogP contribution is -2.28. The molecule has 0 fully saturated rings. The Morgan fingerprint density at radius 2 is 2.00 bits per heavy atom. The van der Waals surface area contributed by atoms with E-state index in [4.69, 9.17) is 0 Å². The average molecular weight is 237 g/mol. The number of aryl methyl sites for hydroxylation is 2. The van der Waals surface area contributed by atoms with Crippen LogP contribution in [0.2, 0.25) is 0 Å². The van der Waals surface area contributed by atoms with Gasteiger partial charge in [-0.3, -0.25) is 4.68 Å². The van der Waals surface area contributed by atoms with Gasteiger partial charge >= 0.3 is 0 Å². The van der Waals surface area contributed by atoms with Gasteiger partial charge in [0, 0.05) is 6.54 Å². The summed E-state index contributed by atoms with van der Waals surface area (Å²) < 4.78 is 2.15. The molecule has 0 aromatic carbocycles. The largest absolute Gasteiger partial charge is 0.309 e. The highest BCUT2D eigenvalue weighted by Crippen LogP contribution is 2.25. The van der Waals surface area contributed by atoms with Crippen LogP contribution in [0.1, 0.15) is 58.5 Å². The van der Waals surface area contributed by atoms with Gasteiger partial charge in [-0.1, -0.05) is 34.1 Å². The Bertz CT molecular complexity index is 330. The van der Waals surface area contributed by atoms with Crippen molar-refractivity contribution in [3.8, 4) is 0 Å². The molecular formula is C14H27N3. The van der Waals surface area contributed by atoms with E-state index in [0.717, 1.165) is 19.5 Å². The molecule has 17 heavy (non-hydrogen) atoms. The fourth-order valence-electron chi connectivity index (χ4n) is 2.22. The Hall–Kier alpha value is -0.830. The van der Waals surface area contributed by atoms with Crippen LogP contribution in [0.4, 0.5) is 0 Å². The van der Waals surface area contributed by atoms with E-state index in [1.165, 1.54) is 17.8 Å². The molecule has 0 amide bonds. The highest BCUT2D eigenvalue weighted by Gasteiger charge is 2.21. The summed E-state index contributed by atoms with van der Waals surface area (Å²) in [5.74, 6) is 0.640. The molecule has 0 spiro atoms. The van der Waals surface area contributed by atoms with Crippen molar-refractivity contribution in [3.05, 3.63) is 17.5 Å². The van der Waals surface area contributed by atoms with E-state index in [9.17, 15) is 0 Å². The third-order valence-corrected chi connectivity index (χ3v) is 3.48. The molecule has 0 saturated heterocycles. The molecule has 1 aromatic rings. The van der Waals surface area contributed by atoms with Gasteiger partial charge in [-0.05, 0) is 31.9 Å². The van der Waals surface area contributed by atoms with Crippen LogP contribution in [-0.4, -0.2) is 16.3 Å². The summed E-state index contributed by atoms with van der Waals surface area (Å²) in [6.45, 7) is 13.0. The number of aromatic nitrogens is 2. The lowest BCUT2D eigenvalue weighted by Gasteiger charge is -2.24. The lowest BCUT2D eigenvalue weighted by atomic mass is 9.96. The highest BCUT2D eigenvalue weighted by atomic mass is 15.3. The van der Waals surface area contributed by atoms with Crippen LogP contribution in [0.25, 0.3) is 0 Å². The normalized spacial score (nSPS) is 14.9. The Kier molecular flexibility index (Phi) is 5.69. The molecule has 2 unspecified atom stereocenters. The van der Waals surface area contributed by atoms with E-state index in [-0.39, 0.29) is 0 Å². The Labute approximate surface area is 106 Å². The Balaban J connectivity index is 3.02. The van der Waals surface area contributed by atoms with Gasteiger partial charge < -0.3 is 5.32 Å². The zero-order valence-electron chi connectivity index (χ0n) is 12.0. The van der Waals surface area contributed by atoms with E-state index >= 15 is 0 Å². The number of rotatable bonds is 7. The SMILES string of the molecule is CCNC(c1cc(CC)nn1CC)C(C)CC. The van der Waals surface area contributed by atoms with Crippen LogP contribution in [0.15, 0.2) is 6.07 Å². The maximum Gasteiger partial charge on any atom is 0.0625 e. The van der Waals surface area contributed by atoms with Gasteiger partial charge in [0.15, 0.2) is 0 Å². The van der Waals surface area contributed by atoms with Gasteiger partial charge in [-0.2, -0.15) is 5.10 Å². The van der Waals surface area contributed by atoms with E-state index in [1.54, 1.807) is 0 Å². The van der Waals surface area contributed by atoms with Crippen molar-refractivity contribution in [3.63, 3.8) is 0 Å². The van der Waals surface area contributed by atoms with Crippen LogP contribution in [-0.2, 0) is 13.0 Å². The molecule has 0 saturated carbocycles. The van der Waals surface area contributed by atoms with Gasteiger partial charge in [0.25, 0.3) is 0 Å². The summed E-state index contributed by atoms with van der Waals surface area (Å²) in [4.78, 5) is 0. The molecule has 0 bridgehead atoms. The summed E-state index contributed by atoms with van der Waals surface area (Å²) in [7, 11) is 0. The molecule has 98 valence electrons. The molecular weight excluding hydrogens is 210 g/mol. The first-order chi connectivity index (χ1) is 8.17. The van der Waals surface area contributed by atoms with E-state index < -0.39 is 0 Å². The second-order valence-corrected chi connectivity index (χ2v) is 4.65.